The first kappa shape index (κ1) is 27.1. The number of hydrogen-bond donors (Lipinski definition) is 2. The number of ether oxygens (including phenoxy) is 2. The lowest BCUT2D eigenvalue weighted by Gasteiger charge is -2.11. The minimum Gasteiger partial charge on any atom is -0.465 e. The van der Waals surface area contributed by atoms with Gasteiger partial charge >= 0.3 is 23.8 Å². The number of nitro benzene ring substituents is 1. The maximum Gasteiger partial charge on any atom is 0.343 e. The Balaban J connectivity index is 1.32. The normalized spacial score (nSPS) is 12.3. The van der Waals surface area contributed by atoms with E-state index >= 15 is 0 Å². The summed E-state index contributed by atoms with van der Waals surface area (Å²) in [6.45, 7) is 0. The van der Waals surface area contributed by atoms with Crippen molar-refractivity contribution >= 4 is 52.0 Å². The van der Waals surface area contributed by atoms with Crippen LogP contribution >= 0.6 is 11.3 Å². The second-order valence-corrected chi connectivity index (χ2v) is 9.43. The van der Waals surface area contributed by atoms with E-state index in [0.29, 0.717) is 12.0 Å². The van der Waals surface area contributed by atoms with Crippen LogP contribution in [0.25, 0.3) is 0 Å². The van der Waals surface area contributed by atoms with E-state index in [9.17, 15) is 29.3 Å². The van der Waals surface area contributed by atoms with Gasteiger partial charge in [0, 0.05) is 17.0 Å². The number of nitro groups is 1. The number of carbonyl (C=O) groups excluding carboxylic acids is 4. The van der Waals surface area contributed by atoms with E-state index in [0.717, 1.165) is 29.7 Å². The molecular weight excluding hydrogens is 528 g/mol. The van der Waals surface area contributed by atoms with Crippen molar-refractivity contribution in [3.63, 3.8) is 0 Å². The topological polar surface area (TPSA) is 166 Å². The van der Waals surface area contributed by atoms with Gasteiger partial charge in [0.2, 0.25) is 0 Å². The molecule has 0 saturated heterocycles. The molecule has 12 nitrogen and oxygen atoms in total. The number of methoxy groups -OCH3 is 1. The van der Waals surface area contributed by atoms with E-state index < -0.39 is 28.7 Å². The average molecular weight is 551 g/mol. The summed E-state index contributed by atoms with van der Waals surface area (Å²) < 4.78 is 10.1. The van der Waals surface area contributed by atoms with Crippen LogP contribution < -0.4 is 15.5 Å². The van der Waals surface area contributed by atoms with Gasteiger partial charge in [-0.3, -0.25) is 19.7 Å². The number of carbonyl (C=O) groups is 4. The fourth-order valence-electron chi connectivity index (χ4n) is 3.86. The van der Waals surface area contributed by atoms with Gasteiger partial charge in [-0.15, -0.1) is 11.3 Å². The molecule has 2 amide bonds. The molecule has 0 atom stereocenters. The predicted molar refractivity (Wildman–Crippen MR) is 141 cm³/mol. The fourth-order valence-corrected chi connectivity index (χ4v) is 5.13. The molecule has 0 spiro atoms. The van der Waals surface area contributed by atoms with Gasteiger partial charge in [0.05, 0.1) is 29.4 Å². The van der Waals surface area contributed by atoms with E-state index in [1.54, 1.807) is 12.1 Å². The van der Waals surface area contributed by atoms with Gasteiger partial charge < -0.3 is 14.8 Å². The van der Waals surface area contributed by atoms with E-state index in [2.05, 4.69) is 15.8 Å². The molecule has 0 fully saturated rings. The van der Waals surface area contributed by atoms with Crippen LogP contribution in [-0.2, 0) is 27.2 Å². The predicted octanol–water partition coefficient (Wildman–Crippen LogP) is 3.63. The van der Waals surface area contributed by atoms with Crippen molar-refractivity contribution in [1.82, 2.24) is 5.43 Å². The fraction of sp³-hybridized carbons (Fsp3) is 0.192. The molecule has 2 N–H and O–H groups in total. The van der Waals surface area contributed by atoms with Gasteiger partial charge in [0.15, 0.2) is 0 Å². The number of nitrogens with one attached hydrogen (secondary N) is 2. The molecular formula is C26H22N4O8S. The Bertz CT molecular complexity index is 1460. The van der Waals surface area contributed by atoms with Crippen molar-refractivity contribution in [3.8, 4) is 5.75 Å². The maximum atomic E-state index is 12.4. The van der Waals surface area contributed by atoms with Crippen LogP contribution in [0.1, 0.15) is 49.6 Å². The first-order chi connectivity index (χ1) is 18.8. The zero-order valence-electron chi connectivity index (χ0n) is 20.6. The Morgan fingerprint density at radius 3 is 2.33 bits per heavy atom. The van der Waals surface area contributed by atoms with Crippen molar-refractivity contribution in [2.24, 2.45) is 5.10 Å². The Labute approximate surface area is 225 Å². The van der Waals surface area contributed by atoms with Crippen molar-refractivity contribution in [3.05, 3.63) is 85.8 Å². The summed E-state index contributed by atoms with van der Waals surface area (Å²) in [6, 6.07) is 11.1. The smallest absolute Gasteiger partial charge is 0.343 e. The molecule has 1 aliphatic rings. The van der Waals surface area contributed by atoms with E-state index in [1.165, 1.54) is 61.1 Å². The lowest BCUT2D eigenvalue weighted by Crippen LogP contribution is -2.32. The Morgan fingerprint density at radius 2 is 1.67 bits per heavy atom. The first-order valence-corrected chi connectivity index (χ1v) is 12.5. The number of hydrogen-bond acceptors (Lipinski definition) is 10. The van der Waals surface area contributed by atoms with E-state index in [-0.39, 0.29) is 27.6 Å². The number of benzene rings is 2. The van der Waals surface area contributed by atoms with Gasteiger partial charge in [-0.25, -0.2) is 15.0 Å². The summed E-state index contributed by atoms with van der Waals surface area (Å²) in [4.78, 5) is 60.4. The first-order valence-electron chi connectivity index (χ1n) is 11.7. The summed E-state index contributed by atoms with van der Waals surface area (Å²) in [5.74, 6) is -3.04. The molecule has 13 heteroatoms. The van der Waals surface area contributed by atoms with Crippen molar-refractivity contribution in [2.45, 2.75) is 25.7 Å². The van der Waals surface area contributed by atoms with Gasteiger partial charge in [-0.1, -0.05) is 0 Å². The lowest BCUT2D eigenvalue weighted by molar-refractivity contribution is -0.384. The van der Waals surface area contributed by atoms with Gasteiger partial charge in [0.1, 0.15) is 10.8 Å². The molecule has 0 saturated carbocycles. The van der Waals surface area contributed by atoms with Crippen LogP contribution in [0.5, 0.6) is 5.75 Å². The molecule has 1 aromatic heterocycles. The summed E-state index contributed by atoms with van der Waals surface area (Å²) >= 11 is 1.26. The largest absolute Gasteiger partial charge is 0.465 e. The highest BCUT2D eigenvalue weighted by Gasteiger charge is 2.28. The Morgan fingerprint density at radius 1 is 0.974 bits per heavy atom. The second-order valence-electron chi connectivity index (χ2n) is 8.32. The third-order valence-electron chi connectivity index (χ3n) is 5.78. The minimum absolute atomic E-state index is 0.143. The number of thiophene rings is 1. The highest BCUT2D eigenvalue weighted by molar-refractivity contribution is 7.17. The van der Waals surface area contributed by atoms with Crippen molar-refractivity contribution in [1.29, 1.82) is 0 Å². The molecule has 3 aromatic rings. The van der Waals surface area contributed by atoms with Crippen molar-refractivity contribution in [2.75, 3.05) is 12.4 Å². The summed E-state index contributed by atoms with van der Waals surface area (Å²) in [7, 11) is 1.26. The van der Waals surface area contributed by atoms with Gasteiger partial charge in [-0.2, -0.15) is 5.10 Å². The van der Waals surface area contributed by atoms with E-state index in [4.69, 9.17) is 9.47 Å². The quantitative estimate of drug-likeness (QED) is 0.112. The summed E-state index contributed by atoms with van der Waals surface area (Å²) in [5, 5.41) is 17.3. The Hall–Kier alpha value is -4.91. The summed E-state index contributed by atoms with van der Waals surface area (Å²) in [6.07, 6.45) is 4.71. The Kier molecular flexibility index (Phi) is 8.41. The SMILES string of the molecule is COC(=O)c1c(NC(=O)C(=O)N/N=C/c2ccc(OC(=O)c3ccc([N+](=O)[O-])cc3)cc2)sc2c1CCCC2. The average Bonchev–Trinajstić information content (AvgIpc) is 3.31. The van der Waals surface area contributed by atoms with Crippen LogP contribution in [0.4, 0.5) is 10.7 Å². The highest BCUT2D eigenvalue weighted by Crippen LogP contribution is 2.38. The van der Waals surface area contributed by atoms with Gasteiger partial charge in [0.25, 0.3) is 5.69 Å². The standard InChI is InChI=1S/C26H22N4O8S/c1-37-26(34)21-19-4-2-3-5-20(19)39-24(21)28-22(31)23(32)29-27-14-15-6-12-18(13-7-15)38-25(33)16-8-10-17(11-9-16)30(35)36/h6-14H,2-5H2,1H3,(H,28,31)(H,29,32)/b27-14+. The van der Waals surface area contributed by atoms with Crippen LogP contribution in [0.2, 0.25) is 0 Å². The number of aryl methyl sites for hydroxylation is 1. The van der Waals surface area contributed by atoms with Crippen LogP contribution in [0.3, 0.4) is 0 Å². The van der Waals surface area contributed by atoms with Crippen LogP contribution in [0.15, 0.2) is 53.6 Å². The monoisotopic (exact) mass is 550 g/mol. The zero-order chi connectivity index (χ0) is 27.9. The third-order valence-corrected chi connectivity index (χ3v) is 6.99. The molecule has 39 heavy (non-hydrogen) atoms. The van der Waals surface area contributed by atoms with Crippen LogP contribution in [-0.4, -0.2) is 42.0 Å². The maximum absolute atomic E-state index is 12.4. The lowest BCUT2D eigenvalue weighted by atomic mass is 9.95. The number of fused-ring (bicyclic) bond motifs is 1. The second kappa shape index (κ2) is 12.1. The van der Waals surface area contributed by atoms with Crippen LogP contribution in [0, 0.1) is 10.1 Å². The number of amides is 2. The molecule has 1 heterocycles. The highest BCUT2D eigenvalue weighted by atomic mass is 32.1. The number of non-ortho nitro benzene ring substituents is 1. The van der Waals surface area contributed by atoms with Crippen molar-refractivity contribution < 1.29 is 33.6 Å². The molecule has 0 aliphatic heterocycles. The molecule has 2 aromatic carbocycles. The van der Waals surface area contributed by atoms with E-state index in [1.807, 2.05) is 0 Å². The molecule has 0 bridgehead atoms. The summed E-state index contributed by atoms with van der Waals surface area (Å²) in [5.41, 5.74) is 3.81. The number of rotatable bonds is 7. The number of nitrogens with zero attached hydrogens (tertiary/aromatic N) is 2. The van der Waals surface area contributed by atoms with Gasteiger partial charge in [-0.05, 0) is 73.2 Å². The molecule has 0 radical (unpaired) electrons. The molecule has 200 valence electrons. The molecule has 4 rings (SSSR count). The third kappa shape index (κ3) is 6.51. The number of hydrazone groups is 1. The molecule has 1 aliphatic carbocycles. The number of esters is 2. The number of anilines is 1. The molecule has 0 unspecified atom stereocenters. The minimum atomic E-state index is -1.03. The zero-order valence-corrected chi connectivity index (χ0v) is 21.4.